The number of nitrogens with one attached hydrogen (secondary N) is 1. The molecule has 0 aliphatic heterocycles. The molecule has 1 heterocycles. The minimum absolute atomic E-state index is 0.178. The Balaban J connectivity index is 1.59. The number of hydrogen-bond donors (Lipinski definition) is 1. The van der Waals surface area contributed by atoms with Gasteiger partial charge >= 0.3 is 5.97 Å². The van der Waals surface area contributed by atoms with Crippen LogP contribution in [-0.4, -0.2) is 23.5 Å². The first-order valence-corrected chi connectivity index (χ1v) is 8.07. The van der Waals surface area contributed by atoms with Gasteiger partial charge in [-0.05, 0) is 37.3 Å². The molecule has 2 aromatic carbocycles. The number of carbonyl (C=O) groups excluding carboxylic acids is 2. The Morgan fingerprint density at radius 3 is 2.80 bits per heavy atom. The fraction of sp³-hybridized carbons (Fsp3) is 0.211. The van der Waals surface area contributed by atoms with E-state index in [9.17, 15) is 9.59 Å². The summed E-state index contributed by atoms with van der Waals surface area (Å²) in [5.74, 6) is -0.0648. The maximum absolute atomic E-state index is 12.1. The fourth-order valence-corrected chi connectivity index (χ4v) is 2.41. The van der Waals surface area contributed by atoms with Gasteiger partial charge in [0.05, 0.1) is 12.2 Å². The number of oxazole rings is 1. The molecule has 25 heavy (non-hydrogen) atoms. The number of amides is 1. The molecule has 3 aromatic rings. The molecule has 0 unspecified atom stereocenters. The average molecular weight is 338 g/mol. The molecule has 128 valence electrons. The van der Waals surface area contributed by atoms with E-state index in [1.807, 2.05) is 24.3 Å². The van der Waals surface area contributed by atoms with Crippen LogP contribution in [0.5, 0.6) is 0 Å². The van der Waals surface area contributed by atoms with Crippen LogP contribution in [0.3, 0.4) is 0 Å². The van der Waals surface area contributed by atoms with Crippen LogP contribution in [0.2, 0.25) is 0 Å². The van der Waals surface area contributed by atoms with E-state index in [-0.39, 0.29) is 12.3 Å². The number of hydrogen-bond acceptors (Lipinski definition) is 5. The number of ether oxygens (including phenoxy) is 1. The zero-order valence-electron chi connectivity index (χ0n) is 13.8. The molecule has 0 atom stereocenters. The van der Waals surface area contributed by atoms with Gasteiger partial charge in [0.25, 0.3) is 0 Å². The summed E-state index contributed by atoms with van der Waals surface area (Å²) in [5.41, 5.74) is 2.44. The molecule has 0 bridgehead atoms. The first-order chi connectivity index (χ1) is 12.2. The molecular weight excluding hydrogens is 320 g/mol. The Kier molecular flexibility index (Phi) is 5.09. The van der Waals surface area contributed by atoms with Gasteiger partial charge in [0.15, 0.2) is 11.5 Å². The van der Waals surface area contributed by atoms with Gasteiger partial charge in [-0.15, -0.1) is 0 Å². The van der Waals surface area contributed by atoms with E-state index in [4.69, 9.17) is 9.15 Å². The summed E-state index contributed by atoms with van der Waals surface area (Å²) in [6, 6.07) is 14.1. The summed E-state index contributed by atoms with van der Waals surface area (Å²) in [5, 5.41) is 2.77. The lowest BCUT2D eigenvalue weighted by Gasteiger charge is -2.06. The first-order valence-electron chi connectivity index (χ1n) is 8.07. The largest absolute Gasteiger partial charge is 0.462 e. The SMILES string of the molecule is CCOC(=O)c1cccc(NC(=O)CCc2nc3ccccc3o2)c1. The second-order valence-electron chi connectivity index (χ2n) is 5.42. The predicted molar refractivity (Wildman–Crippen MR) is 93.4 cm³/mol. The second-order valence-corrected chi connectivity index (χ2v) is 5.42. The lowest BCUT2D eigenvalue weighted by atomic mass is 10.2. The first kappa shape index (κ1) is 16.7. The number of fused-ring (bicyclic) bond motifs is 1. The van der Waals surface area contributed by atoms with Crippen molar-refractivity contribution in [1.29, 1.82) is 0 Å². The van der Waals surface area contributed by atoms with Crippen molar-refractivity contribution in [3.05, 3.63) is 60.0 Å². The summed E-state index contributed by atoms with van der Waals surface area (Å²) in [4.78, 5) is 28.2. The molecule has 1 aromatic heterocycles. The van der Waals surface area contributed by atoms with Crippen LogP contribution in [0.15, 0.2) is 52.9 Å². The van der Waals surface area contributed by atoms with Gasteiger partial charge in [-0.1, -0.05) is 18.2 Å². The van der Waals surface area contributed by atoms with Gasteiger partial charge in [0.1, 0.15) is 5.52 Å². The number of carbonyl (C=O) groups is 2. The van der Waals surface area contributed by atoms with Crippen LogP contribution in [0, 0.1) is 0 Å². The fourth-order valence-electron chi connectivity index (χ4n) is 2.41. The third-order valence-corrected chi connectivity index (χ3v) is 3.56. The Morgan fingerprint density at radius 1 is 1.16 bits per heavy atom. The molecule has 0 spiro atoms. The Hall–Kier alpha value is -3.15. The van der Waals surface area contributed by atoms with E-state index in [0.717, 1.165) is 5.52 Å². The van der Waals surface area contributed by atoms with E-state index in [1.54, 1.807) is 31.2 Å². The summed E-state index contributed by atoms with van der Waals surface area (Å²) in [7, 11) is 0. The van der Waals surface area contributed by atoms with Gasteiger partial charge < -0.3 is 14.5 Å². The van der Waals surface area contributed by atoms with Crippen molar-refractivity contribution in [2.75, 3.05) is 11.9 Å². The van der Waals surface area contributed by atoms with E-state index >= 15 is 0 Å². The van der Waals surface area contributed by atoms with E-state index in [1.165, 1.54) is 0 Å². The van der Waals surface area contributed by atoms with E-state index in [0.29, 0.717) is 35.8 Å². The van der Waals surface area contributed by atoms with Crippen molar-refractivity contribution < 1.29 is 18.7 Å². The molecule has 0 fully saturated rings. The number of benzene rings is 2. The number of esters is 1. The highest BCUT2D eigenvalue weighted by Gasteiger charge is 2.10. The van der Waals surface area contributed by atoms with Gasteiger partial charge in [0.2, 0.25) is 5.91 Å². The number of nitrogens with zero attached hydrogens (tertiary/aromatic N) is 1. The molecule has 0 aliphatic carbocycles. The maximum Gasteiger partial charge on any atom is 0.338 e. The van der Waals surface area contributed by atoms with Crippen LogP contribution in [0.1, 0.15) is 29.6 Å². The van der Waals surface area contributed by atoms with Crippen molar-refractivity contribution in [3.8, 4) is 0 Å². The second kappa shape index (κ2) is 7.61. The Morgan fingerprint density at radius 2 is 2.00 bits per heavy atom. The van der Waals surface area contributed by atoms with Crippen molar-refractivity contribution in [2.24, 2.45) is 0 Å². The summed E-state index contributed by atoms with van der Waals surface area (Å²) in [6.07, 6.45) is 0.633. The highest BCUT2D eigenvalue weighted by Crippen LogP contribution is 2.16. The third-order valence-electron chi connectivity index (χ3n) is 3.56. The monoisotopic (exact) mass is 338 g/mol. The molecule has 6 heteroatoms. The number of para-hydroxylation sites is 2. The molecule has 6 nitrogen and oxygen atoms in total. The molecule has 0 aliphatic rings. The van der Waals surface area contributed by atoms with E-state index in [2.05, 4.69) is 10.3 Å². The van der Waals surface area contributed by atoms with Gasteiger partial charge in [-0.2, -0.15) is 0 Å². The predicted octanol–water partition coefficient (Wildman–Crippen LogP) is 3.58. The van der Waals surface area contributed by atoms with Crippen molar-refractivity contribution >= 4 is 28.7 Å². The van der Waals surface area contributed by atoms with Gasteiger partial charge in [0, 0.05) is 18.5 Å². The van der Waals surface area contributed by atoms with Crippen LogP contribution < -0.4 is 5.32 Å². The molecule has 1 N–H and O–H groups in total. The van der Waals surface area contributed by atoms with Gasteiger partial charge in [-0.25, -0.2) is 9.78 Å². The highest BCUT2D eigenvalue weighted by molar-refractivity contribution is 5.94. The van der Waals surface area contributed by atoms with Crippen LogP contribution >= 0.6 is 0 Å². The quantitative estimate of drug-likeness (QED) is 0.695. The van der Waals surface area contributed by atoms with E-state index < -0.39 is 5.97 Å². The lowest BCUT2D eigenvalue weighted by molar-refractivity contribution is -0.116. The summed E-state index contributed by atoms with van der Waals surface area (Å²) in [6.45, 7) is 2.05. The number of anilines is 1. The Bertz CT molecular complexity index is 868. The van der Waals surface area contributed by atoms with Crippen LogP contribution in [-0.2, 0) is 16.0 Å². The zero-order chi connectivity index (χ0) is 17.6. The molecule has 0 radical (unpaired) electrons. The number of rotatable bonds is 6. The number of aromatic nitrogens is 1. The zero-order valence-corrected chi connectivity index (χ0v) is 13.8. The molecule has 0 saturated carbocycles. The molecule has 1 amide bonds. The lowest BCUT2D eigenvalue weighted by Crippen LogP contribution is -2.13. The molecular formula is C19H18N2O4. The minimum atomic E-state index is -0.412. The van der Waals surface area contributed by atoms with Crippen molar-refractivity contribution in [2.45, 2.75) is 19.8 Å². The third kappa shape index (κ3) is 4.23. The minimum Gasteiger partial charge on any atom is -0.462 e. The normalized spacial score (nSPS) is 10.6. The smallest absolute Gasteiger partial charge is 0.338 e. The standard InChI is InChI=1S/C19H18N2O4/c1-2-24-19(23)13-6-5-7-14(12-13)20-17(22)10-11-18-21-15-8-3-4-9-16(15)25-18/h3-9,12H,2,10-11H2,1H3,(H,20,22). The Labute approximate surface area is 144 Å². The van der Waals surface area contributed by atoms with Gasteiger partial charge in [-0.3, -0.25) is 4.79 Å². The maximum atomic E-state index is 12.1. The summed E-state index contributed by atoms with van der Waals surface area (Å²) < 4.78 is 10.5. The molecule has 0 saturated heterocycles. The average Bonchev–Trinajstić information content (AvgIpc) is 3.03. The highest BCUT2D eigenvalue weighted by atomic mass is 16.5. The van der Waals surface area contributed by atoms with Crippen LogP contribution in [0.4, 0.5) is 5.69 Å². The number of aryl methyl sites for hydroxylation is 1. The van der Waals surface area contributed by atoms with Crippen molar-refractivity contribution in [3.63, 3.8) is 0 Å². The topological polar surface area (TPSA) is 81.4 Å². The van der Waals surface area contributed by atoms with Crippen LogP contribution in [0.25, 0.3) is 11.1 Å². The summed E-state index contributed by atoms with van der Waals surface area (Å²) >= 11 is 0. The molecule has 3 rings (SSSR count). The van der Waals surface area contributed by atoms with Crippen molar-refractivity contribution in [1.82, 2.24) is 4.98 Å².